The third-order valence-corrected chi connectivity index (χ3v) is 5.60. The number of pyridine rings is 1. The first-order chi connectivity index (χ1) is 14.5. The van der Waals surface area contributed by atoms with Gasteiger partial charge >= 0.3 is 0 Å². The summed E-state index contributed by atoms with van der Waals surface area (Å²) in [5, 5.41) is 0.865. The molecule has 1 N–H and O–H groups in total. The number of fused-ring (bicyclic) bond motifs is 1. The van der Waals surface area contributed by atoms with Gasteiger partial charge in [0.15, 0.2) is 0 Å². The van der Waals surface area contributed by atoms with Crippen LogP contribution in [0.4, 0.5) is 0 Å². The molecule has 4 rings (SSSR count). The number of methoxy groups -OCH3 is 1. The lowest BCUT2D eigenvalue weighted by molar-refractivity contribution is 0.0506. The number of H-pyrrole nitrogens is 1. The molecule has 0 bridgehead atoms. The number of nitrogens with zero attached hydrogens (tertiary/aromatic N) is 1. The highest BCUT2D eigenvalue weighted by Crippen LogP contribution is 2.21. The first kappa shape index (κ1) is 20.2. The normalized spacial score (nSPS) is 16.0. The molecule has 2 aromatic carbocycles. The zero-order chi connectivity index (χ0) is 21.1. The van der Waals surface area contributed by atoms with E-state index < -0.39 is 0 Å². The number of aromatic amines is 1. The van der Waals surface area contributed by atoms with Crippen molar-refractivity contribution in [3.05, 3.63) is 75.6 Å². The van der Waals surface area contributed by atoms with Gasteiger partial charge in [-0.05, 0) is 55.7 Å². The number of carbonyl (C=O) groups excluding carboxylic acids is 1. The van der Waals surface area contributed by atoms with Crippen LogP contribution in [0, 0.1) is 6.92 Å². The molecule has 1 aromatic heterocycles. The van der Waals surface area contributed by atoms with E-state index in [2.05, 4.69) is 4.98 Å². The number of rotatable bonds is 6. The third-order valence-electron chi connectivity index (χ3n) is 5.60. The van der Waals surface area contributed by atoms with Crippen LogP contribution in [0.15, 0.2) is 53.3 Å². The Morgan fingerprint density at radius 3 is 2.80 bits per heavy atom. The van der Waals surface area contributed by atoms with Crippen LogP contribution in [-0.2, 0) is 11.3 Å². The standard InChI is InChI=1S/C24H26N2O4/c1-16-6-3-4-8-21(16)24(28)26(15-20-7-5-11-30-20)14-18-12-17-13-19(29-2)9-10-22(17)25-23(18)27/h3-4,6,8-10,12-13,20H,5,7,11,14-15H2,1-2H3,(H,25,27). The lowest BCUT2D eigenvalue weighted by Gasteiger charge is -2.26. The summed E-state index contributed by atoms with van der Waals surface area (Å²) in [5.41, 5.74) is 2.64. The predicted octanol–water partition coefficient (Wildman–Crippen LogP) is 3.67. The number of aryl methyl sites for hydroxylation is 1. The van der Waals surface area contributed by atoms with Gasteiger partial charge in [0.05, 0.1) is 19.8 Å². The Labute approximate surface area is 175 Å². The maximum Gasteiger partial charge on any atom is 0.254 e. The Morgan fingerprint density at radius 1 is 1.23 bits per heavy atom. The number of aromatic nitrogens is 1. The van der Waals surface area contributed by atoms with Crippen LogP contribution in [-0.4, -0.2) is 42.2 Å². The van der Waals surface area contributed by atoms with E-state index in [9.17, 15) is 9.59 Å². The second kappa shape index (κ2) is 8.71. The molecule has 0 radical (unpaired) electrons. The van der Waals surface area contributed by atoms with Gasteiger partial charge in [-0.1, -0.05) is 18.2 Å². The second-order valence-corrected chi connectivity index (χ2v) is 7.71. The van der Waals surface area contributed by atoms with E-state index in [-0.39, 0.29) is 24.1 Å². The summed E-state index contributed by atoms with van der Waals surface area (Å²) in [5.74, 6) is 0.626. The highest BCUT2D eigenvalue weighted by molar-refractivity contribution is 5.95. The monoisotopic (exact) mass is 406 g/mol. The molecule has 6 heteroatoms. The molecule has 0 spiro atoms. The number of carbonyl (C=O) groups is 1. The number of hydrogen-bond donors (Lipinski definition) is 1. The summed E-state index contributed by atoms with van der Waals surface area (Å²) in [7, 11) is 1.61. The van der Waals surface area contributed by atoms with Crippen molar-refractivity contribution in [1.29, 1.82) is 0 Å². The SMILES string of the molecule is COc1ccc2[nH]c(=O)c(CN(CC3CCCO3)C(=O)c3ccccc3C)cc2c1. The van der Waals surface area contributed by atoms with Crippen molar-refractivity contribution >= 4 is 16.8 Å². The molecule has 1 amide bonds. The van der Waals surface area contributed by atoms with Crippen LogP contribution in [0.25, 0.3) is 10.9 Å². The Balaban J connectivity index is 1.68. The summed E-state index contributed by atoms with van der Waals surface area (Å²) in [6.07, 6.45) is 1.91. The zero-order valence-corrected chi connectivity index (χ0v) is 17.3. The molecular weight excluding hydrogens is 380 g/mol. The van der Waals surface area contributed by atoms with Crippen molar-refractivity contribution < 1.29 is 14.3 Å². The summed E-state index contributed by atoms with van der Waals surface area (Å²) < 4.78 is 11.1. The third kappa shape index (κ3) is 4.24. The Bertz CT molecular complexity index is 1120. The quantitative estimate of drug-likeness (QED) is 0.678. The summed E-state index contributed by atoms with van der Waals surface area (Å²) >= 11 is 0. The van der Waals surface area contributed by atoms with E-state index in [1.807, 2.05) is 55.5 Å². The fourth-order valence-corrected chi connectivity index (χ4v) is 3.92. The Kier molecular flexibility index (Phi) is 5.86. The van der Waals surface area contributed by atoms with E-state index in [1.165, 1.54) is 0 Å². The minimum absolute atomic E-state index is 0.00222. The van der Waals surface area contributed by atoms with Crippen LogP contribution in [0.1, 0.15) is 34.3 Å². The van der Waals surface area contributed by atoms with Gasteiger partial charge in [0.25, 0.3) is 11.5 Å². The van der Waals surface area contributed by atoms with Crippen LogP contribution < -0.4 is 10.3 Å². The lowest BCUT2D eigenvalue weighted by atomic mass is 10.1. The van der Waals surface area contributed by atoms with Gasteiger partial charge in [-0.2, -0.15) is 0 Å². The fraction of sp³-hybridized carbons (Fsp3) is 0.333. The lowest BCUT2D eigenvalue weighted by Crippen LogP contribution is -2.38. The molecule has 1 aliphatic rings. The van der Waals surface area contributed by atoms with Gasteiger partial charge in [-0.25, -0.2) is 0 Å². The highest BCUT2D eigenvalue weighted by atomic mass is 16.5. The molecule has 3 aromatic rings. The van der Waals surface area contributed by atoms with Crippen molar-refractivity contribution in [2.75, 3.05) is 20.3 Å². The number of ether oxygens (including phenoxy) is 2. The maximum atomic E-state index is 13.4. The molecular formula is C24H26N2O4. The van der Waals surface area contributed by atoms with Gasteiger partial charge in [-0.15, -0.1) is 0 Å². The maximum absolute atomic E-state index is 13.4. The molecule has 1 unspecified atom stereocenters. The predicted molar refractivity (Wildman–Crippen MR) is 116 cm³/mol. The van der Waals surface area contributed by atoms with Crippen LogP contribution in [0.5, 0.6) is 5.75 Å². The highest BCUT2D eigenvalue weighted by Gasteiger charge is 2.25. The minimum Gasteiger partial charge on any atom is -0.497 e. The van der Waals surface area contributed by atoms with Crippen molar-refractivity contribution in [2.24, 2.45) is 0 Å². The van der Waals surface area contributed by atoms with Crippen LogP contribution in [0.2, 0.25) is 0 Å². The molecule has 0 aliphatic carbocycles. The molecule has 156 valence electrons. The number of hydrogen-bond acceptors (Lipinski definition) is 4. The van der Waals surface area contributed by atoms with Crippen molar-refractivity contribution in [2.45, 2.75) is 32.4 Å². The number of nitrogens with one attached hydrogen (secondary N) is 1. The molecule has 2 heterocycles. The van der Waals surface area contributed by atoms with Crippen LogP contribution in [0.3, 0.4) is 0 Å². The molecule has 30 heavy (non-hydrogen) atoms. The van der Waals surface area contributed by atoms with Gasteiger partial charge in [-0.3, -0.25) is 9.59 Å². The average molecular weight is 406 g/mol. The van der Waals surface area contributed by atoms with E-state index >= 15 is 0 Å². The van der Waals surface area contributed by atoms with E-state index in [0.29, 0.717) is 30.0 Å². The zero-order valence-electron chi connectivity index (χ0n) is 17.3. The summed E-state index contributed by atoms with van der Waals surface area (Å²) in [4.78, 5) is 30.8. The first-order valence-electron chi connectivity index (χ1n) is 10.2. The average Bonchev–Trinajstić information content (AvgIpc) is 3.26. The van der Waals surface area contributed by atoms with Gasteiger partial charge < -0.3 is 19.4 Å². The first-order valence-corrected chi connectivity index (χ1v) is 10.2. The number of amides is 1. The van der Waals surface area contributed by atoms with E-state index in [4.69, 9.17) is 9.47 Å². The van der Waals surface area contributed by atoms with Gasteiger partial charge in [0, 0.05) is 35.2 Å². The largest absolute Gasteiger partial charge is 0.497 e. The topological polar surface area (TPSA) is 71.6 Å². The van der Waals surface area contributed by atoms with E-state index in [1.54, 1.807) is 12.0 Å². The fourth-order valence-electron chi connectivity index (χ4n) is 3.92. The molecule has 0 saturated carbocycles. The molecule has 6 nitrogen and oxygen atoms in total. The Morgan fingerprint density at radius 2 is 2.07 bits per heavy atom. The van der Waals surface area contributed by atoms with Crippen molar-refractivity contribution in [3.8, 4) is 5.75 Å². The van der Waals surface area contributed by atoms with Crippen molar-refractivity contribution in [1.82, 2.24) is 9.88 Å². The molecule has 1 fully saturated rings. The number of benzene rings is 2. The van der Waals surface area contributed by atoms with Gasteiger partial charge in [0.2, 0.25) is 0 Å². The smallest absolute Gasteiger partial charge is 0.254 e. The molecule has 1 saturated heterocycles. The van der Waals surface area contributed by atoms with E-state index in [0.717, 1.165) is 29.3 Å². The molecule has 1 atom stereocenters. The summed E-state index contributed by atoms with van der Waals surface area (Å²) in [6, 6.07) is 14.9. The van der Waals surface area contributed by atoms with Crippen LogP contribution >= 0.6 is 0 Å². The van der Waals surface area contributed by atoms with Gasteiger partial charge in [0.1, 0.15) is 5.75 Å². The Hall–Kier alpha value is -3.12. The second-order valence-electron chi connectivity index (χ2n) is 7.71. The van der Waals surface area contributed by atoms with Crippen molar-refractivity contribution in [3.63, 3.8) is 0 Å². The minimum atomic E-state index is -0.192. The summed E-state index contributed by atoms with van der Waals surface area (Å²) in [6.45, 7) is 3.32. The molecule has 1 aliphatic heterocycles.